The van der Waals surface area contributed by atoms with Gasteiger partial charge in [-0.1, -0.05) is 96.8 Å². The minimum Gasteiger partial charge on any atom is -0.481 e. The molecule has 0 saturated carbocycles. The van der Waals surface area contributed by atoms with Crippen molar-refractivity contribution in [2.75, 3.05) is 0 Å². The number of carboxylic acids is 1. The van der Waals surface area contributed by atoms with Gasteiger partial charge >= 0.3 is 5.97 Å². The number of carbonyl (C=O) groups is 1. The molecule has 0 aromatic heterocycles. The predicted molar refractivity (Wildman–Crippen MR) is 92.2 cm³/mol. The largest absolute Gasteiger partial charge is 0.481 e. The van der Waals surface area contributed by atoms with Gasteiger partial charge < -0.3 is 11.3 Å². The van der Waals surface area contributed by atoms with E-state index in [-0.39, 0.29) is 25.6 Å². The molecule has 0 fully saturated rings. The van der Waals surface area contributed by atoms with Crippen molar-refractivity contribution in [3.05, 3.63) is 0 Å². The second kappa shape index (κ2) is 23.3. The van der Waals surface area contributed by atoms with E-state index in [0.717, 1.165) is 12.8 Å². The van der Waals surface area contributed by atoms with Crippen LogP contribution in [-0.4, -0.2) is 11.1 Å². The Bertz CT molecular complexity index is 213. The fraction of sp³-hybridized carbons (Fsp3) is 0.944. The summed E-state index contributed by atoms with van der Waals surface area (Å²) >= 11 is 0. The van der Waals surface area contributed by atoms with Crippen molar-refractivity contribution in [2.45, 2.75) is 110 Å². The van der Waals surface area contributed by atoms with Crippen LogP contribution in [0.1, 0.15) is 110 Å². The van der Waals surface area contributed by atoms with Gasteiger partial charge in [0.15, 0.2) is 0 Å². The zero-order valence-corrected chi connectivity index (χ0v) is 18.1. The molecular formula is C18H39NO2Zn. The molecule has 0 amide bonds. The SMILES string of the molecule is CCCCCCCCCCCCCCCCCC(=O)O.N.[Zn]. The summed E-state index contributed by atoms with van der Waals surface area (Å²) in [7, 11) is 0. The number of hydrogen-bond acceptors (Lipinski definition) is 2. The Labute approximate surface area is 151 Å². The quantitative estimate of drug-likeness (QED) is 0.242. The van der Waals surface area contributed by atoms with E-state index < -0.39 is 5.97 Å². The maximum atomic E-state index is 10.3. The molecule has 4 heteroatoms. The molecule has 0 bridgehead atoms. The van der Waals surface area contributed by atoms with Gasteiger partial charge in [-0.3, -0.25) is 4.79 Å². The van der Waals surface area contributed by atoms with Gasteiger partial charge in [0.1, 0.15) is 0 Å². The van der Waals surface area contributed by atoms with Gasteiger partial charge in [0.2, 0.25) is 0 Å². The Morgan fingerprint density at radius 1 is 0.636 bits per heavy atom. The number of rotatable bonds is 16. The van der Waals surface area contributed by atoms with Gasteiger partial charge in [0.05, 0.1) is 0 Å². The van der Waals surface area contributed by atoms with Gasteiger partial charge in [-0.25, -0.2) is 0 Å². The fourth-order valence-corrected chi connectivity index (χ4v) is 2.65. The van der Waals surface area contributed by atoms with Crippen LogP contribution in [0.3, 0.4) is 0 Å². The second-order valence-electron chi connectivity index (χ2n) is 6.09. The van der Waals surface area contributed by atoms with E-state index in [1.54, 1.807) is 0 Å². The van der Waals surface area contributed by atoms with Crippen molar-refractivity contribution in [1.82, 2.24) is 6.15 Å². The van der Waals surface area contributed by atoms with Gasteiger partial charge in [0.25, 0.3) is 0 Å². The third-order valence-electron chi connectivity index (χ3n) is 3.99. The average molecular weight is 367 g/mol. The summed E-state index contributed by atoms with van der Waals surface area (Å²) < 4.78 is 0. The summed E-state index contributed by atoms with van der Waals surface area (Å²) in [5.74, 6) is -0.653. The van der Waals surface area contributed by atoms with Crippen LogP contribution in [0.25, 0.3) is 0 Å². The molecule has 0 saturated heterocycles. The summed E-state index contributed by atoms with van der Waals surface area (Å²) in [6.07, 6.45) is 20.2. The Morgan fingerprint density at radius 3 is 1.18 bits per heavy atom. The molecule has 130 valence electrons. The minimum atomic E-state index is -0.653. The number of unbranched alkanes of at least 4 members (excludes halogenated alkanes) is 14. The molecule has 0 spiro atoms. The van der Waals surface area contributed by atoms with Crippen LogP contribution >= 0.6 is 0 Å². The molecule has 4 N–H and O–H groups in total. The molecule has 3 nitrogen and oxygen atoms in total. The molecule has 0 aliphatic carbocycles. The molecule has 0 rings (SSSR count). The monoisotopic (exact) mass is 365 g/mol. The van der Waals surface area contributed by atoms with Gasteiger partial charge in [-0.15, -0.1) is 0 Å². The first-order valence-corrected chi connectivity index (χ1v) is 8.99. The van der Waals surface area contributed by atoms with E-state index >= 15 is 0 Å². The fourth-order valence-electron chi connectivity index (χ4n) is 2.65. The predicted octanol–water partition coefficient (Wildman–Crippen LogP) is 6.49. The second-order valence-corrected chi connectivity index (χ2v) is 6.09. The van der Waals surface area contributed by atoms with Crippen molar-refractivity contribution in [3.8, 4) is 0 Å². The summed E-state index contributed by atoms with van der Waals surface area (Å²) in [4.78, 5) is 10.3. The minimum absolute atomic E-state index is 0. The van der Waals surface area contributed by atoms with E-state index in [2.05, 4.69) is 6.92 Å². The molecule has 22 heavy (non-hydrogen) atoms. The standard InChI is InChI=1S/C18H36O2.H3N.Zn/c1-2-3-4-5-6-7-8-9-10-11-12-13-14-15-16-17-18(19)20;;/h2-17H2,1H3,(H,19,20);1H3;. The molecular weight excluding hydrogens is 328 g/mol. The Kier molecular flexibility index (Phi) is 28.5. The first-order valence-electron chi connectivity index (χ1n) is 8.99. The van der Waals surface area contributed by atoms with Gasteiger partial charge in [0, 0.05) is 25.9 Å². The molecule has 0 radical (unpaired) electrons. The Morgan fingerprint density at radius 2 is 0.909 bits per heavy atom. The van der Waals surface area contributed by atoms with Crippen LogP contribution in [-0.2, 0) is 24.3 Å². The van der Waals surface area contributed by atoms with Crippen LogP contribution in [0, 0.1) is 0 Å². The molecule has 0 aromatic rings. The number of carboxylic acid groups (broad SMARTS) is 1. The first kappa shape index (κ1) is 26.9. The van der Waals surface area contributed by atoms with Crippen LogP contribution < -0.4 is 6.15 Å². The van der Waals surface area contributed by atoms with Crippen LogP contribution in [0.4, 0.5) is 0 Å². The van der Waals surface area contributed by atoms with Gasteiger partial charge in [-0.05, 0) is 6.42 Å². The third-order valence-corrected chi connectivity index (χ3v) is 3.99. The Hall–Kier alpha value is 0.0534. The van der Waals surface area contributed by atoms with Crippen molar-refractivity contribution in [2.24, 2.45) is 0 Å². The van der Waals surface area contributed by atoms with Crippen LogP contribution in [0.15, 0.2) is 0 Å². The van der Waals surface area contributed by atoms with Crippen molar-refractivity contribution < 1.29 is 29.4 Å². The van der Waals surface area contributed by atoms with E-state index in [4.69, 9.17) is 5.11 Å². The van der Waals surface area contributed by atoms with Crippen molar-refractivity contribution >= 4 is 5.97 Å². The zero-order chi connectivity index (χ0) is 14.9. The molecule has 0 unspecified atom stereocenters. The van der Waals surface area contributed by atoms with Gasteiger partial charge in [-0.2, -0.15) is 0 Å². The Balaban J connectivity index is -0.00000180. The van der Waals surface area contributed by atoms with Crippen molar-refractivity contribution in [1.29, 1.82) is 0 Å². The summed E-state index contributed by atoms with van der Waals surface area (Å²) in [6, 6.07) is 0. The maximum Gasteiger partial charge on any atom is 0.303 e. The average Bonchev–Trinajstić information content (AvgIpc) is 2.43. The topological polar surface area (TPSA) is 72.3 Å². The summed E-state index contributed by atoms with van der Waals surface area (Å²) in [5, 5.41) is 8.52. The van der Waals surface area contributed by atoms with E-state index in [0.29, 0.717) is 6.42 Å². The maximum absolute atomic E-state index is 10.3. The van der Waals surface area contributed by atoms with Crippen LogP contribution in [0.2, 0.25) is 0 Å². The molecule has 0 aliphatic heterocycles. The van der Waals surface area contributed by atoms with E-state index in [1.165, 1.54) is 83.5 Å². The normalized spacial score (nSPS) is 9.86. The number of aliphatic carboxylic acids is 1. The summed E-state index contributed by atoms with van der Waals surface area (Å²) in [5.41, 5.74) is 0. The van der Waals surface area contributed by atoms with Crippen LogP contribution in [0.5, 0.6) is 0 Å². The molecule has 0 aromatic carbocycles. The molecule has 0 aliphatic rings. The smallest absolute Gasteiger partial charge is 0.303 e. The summed E-state index contributed by atoms with van der Waals surface area (Å²) in [6.45, 7) is 2.27. The first-order chi connectivity index (χ1) is 9.77. The van der Waals surface area contributed by atoms with E-state index in [9.17, 15) is 4.79 Å². The zero-order valence-electron chi connectivity index (χ0n) is 15.1. The third kappa shape index (κ3) is 25.0. The molecule has 0 heterocycles. The van der Waals surface area contributed by atoms with E-state index in [1.807, 2.05) is 0 Å². The van der Waals surface area contributed by atoms with Crippen molar-refractivity contribution in [3.63, 3.8) is 0 Å². The molecule has 0 atom stereocenters. The number of hydrogen-bond donors (Lipinski definition) is 2.